The molecular formula is C27H31N3O4. The normalized spacial score (nSPS) is 21.5. The summed E-state index contributed by atoms with van der Waals surface area (Å²) in [6.07, 6.45) is 3.05. The van der Waals surface area contributed by atoms with Crippen molar-refractivity contribution in [3.05, 3.63) is 59.9 Å². The number of benzene rings is 2. The summed E-state index contributed by atoms with van der Waals surface area (Å²) >= 11 is 0. The van der Waals surface area contributed by atoms with Crippen molar-refractivity contribution in [3.63, 3.8) is 0 Å². The number of nitrogens with zero attached hydrogens (tertiary/aromatic N) is 1. The van der Waals surface area contributed by atoms with Gasteiger partial charge in [-0.1, -0.05) is 30.3 Å². The van der Waals surface area contributed by atoms with Gasteiger partial charge in [-0.15, -0.1) is 0 Å². The molecule has 7 heteroatoms. The van der Waals surface area contributed by atoms with Gasteiger partial charge in [0.2, 0.25) is 0 Å². The second-order valence-corrected chi connectivity index (χ2v) is 9.24. The maximum Gasteiger partial charge on any atom is 0.287 e. The maximum absolute atomic E-state index is 13.0. The number of methoxy groups -OCH3 is 1. The summed E-state index contributed by atoms with van der Waals surface area (Å²) in [7, 11) is 1.65. The number of furan rings is 1. The van der Waals surface area contributed by atoms with E-state index >= 15 is 0 Å². The Kier molecular flexibility index (Phi) is 6.65. The first-order chi connectivity index (χ1) is 16.6. The van der Waals surface area contributed by atoms with E-state index in [1.165, 1.54) is 0 Å². The zero-order valence-corrected chi connectivity index (χ0v) is 19.5. The lowest BCUT2D eigenvalue weighted by Crippen LogP contribution is -2.57. The highest BCUT2D eigenvalue weighted by Gasteiger charge is 2.35. The minimum atomic E-state index is -0.162. The Morgan fingerprint density at radius 3 is 2.68 bits per heavy atom. The largest absolute Gasteiger partial charge is 0.450 e. The van der Waals surface area contributed by atoms with E-state index in [0.717, 1.165) is 55.4 Å². The van der Waals surface area contributed by atoms with E-state index in [4.69, 9.17) is 9.15 Å². The van der Waals surface area contributed by atoms with Crippen LogP contribution in [0.5, 0.6) is 0 Å². The minimum absolute atomic E-state index is 0.123. The Morgan fingerprint density at radius 2 is 1.91 bits per heavy atom. The predicted octanol–water partition coefficient (Wildman–Crippen LogP) is 3.69. The van der Waals surface area contributed by atoms with Crippen LogP contribution in [0.2, 0.25) is 0 Å². The number of hydrogen-bond donors (Lipinski definition) is 2. The van der Waals surface area contributed by atoms with Crippen LogP contribution in [-0.2, 0) is 4.74 Å². The van der Waals surface area contributed by atoms with Crippen molar-refractivity contribution in [3.8, 4) is 11.1 Å². The molecule has 34 heavy (non-hydrogen) atoms. The van der Waals surface area contributed by atoms with Gasteiger partial charge >= 0.3 is 0 Å². The van der Waals surface area contributed by atoms with Crippen LogP contribution in [0, 0.1) is 5.92 Å². The monoisotopic (exact) mass is 461 g/mol. The van der Waals surface area contributed by atoms with E-state index < -0.39 is 0 Å². The van der Waals surface area contributed by atoms with Gasteiger partial charge in [-0.25, -0.2) is 0 Å². The Labute approximate surface area is 199 Å². The Bertz CT molecular complexity index is 1180. The van der Waals surface area contributed by atoms with Crippen molar-refractivity contribution in [1.82, 2.24) is 15.5 Å². The first-order valence-corrected chi connectivity index (χ1v) is 12.1. The molecule has 1 aromatic heterocycles. The van der Waals surface area contributed by atoms with Crippen LogP contribution >= 0.6 is 0 Å². The van der Waals surface area contributed by atoms with Crippen molar-refractivity contribution in [2.45, 2.75) is 25.3 Å². The molecule has 4 heterocycles. The van der Waals surface area contributed by atoms with E-state index in [1.807, 2.05) is 42.5 Å². The van der Waals surface area contributed by atoms with Gasteiger partial charge in [0.15, 0.2) is 5.76 Å². The summed E-state index contributed by atoms with van der Waals surface area (Å²) in [5, 5.41) is 6.99. The van der Waals surface area contributed by atoms with E-state index in [9.17, 15) is 9.59 Å². The number of hydrogen-bond acceptors (Lipinski definition) is 5. The van der Waals surface area contributed by atoms with E-state index in [2.05, 4.69) is 15.5 Å². The van der Waals surface area contributed by atoms with Crippen molar-refractivity contribution < 1.29 is 18.7 Å². The standard InChI is InChI=1S/C27H31N3O4/c1-33-14-4-11-28-26(31)21-7-2-5-19(15-21)22-8-3-6-20-16-24(34-25(20)22)27(32)29-23-17-30-12-9-18(23)10-13-30/h2-3,5-8,15-16,18,23H,4,9-14,17H2,1H3,(H,28,31)(H,29,32)/t23-/m0/s1. The van der Waals surface area contributed by atoms with Crippen molar-refractivity contribution >= 4 is 22.8 Å². The number of para-hydroxylation sites is 1. The summed E-state index contributed by atoms with van der Waals surface area (Å²) < 4.78 is 11.1. The fraction of sp³-hybridized carbons (Fsp3) is 0.407. The van der Waals surface area contributed by atoms with E-state index in [0.29, 0.717) is 36.0 Å². The fourth-order valence-corrected chi connectivity index (χ4v) is 5.12. The molecule has 7 nitrogen and oxygen atoms in total. The molecule has 2 bridgehead atoms. The molecule has 0 aliphatic carbocycles. The highest BCUT2D eigenvalue weighted by atomic mass is 16.5. The fourth-order valence-electron chi connectivity index (χ4n) is 5.12. The number of fused-ring (bicyclic) bond motifs is 4. The molecule has 3 aromatic rings. The zero-order chi connectivity index (χ0) is 23.5. The van der Waals surface area contributed by atoms with Gasteiger partial charge in [0.25, 0.3) is 11.8 Å². The highest BCUT2D eigenvalue weighted by Crippen LogP contribution is 2.32. The third kappa shape index (κ3) is 4.72. The average Bonchev–Trinajstić information content (AvgIpc) is 3.32. The molecule has 3 saturated heterocycles. The van der Waals surface area contributed by atoms with Crippen LogP contribution < -0.4 is 10.6 Å². The van der Waals surface area contributed by atoms with Gasteiger partial charge in [-0.05, 0) is 62.0 Å². The lowest BCUT2D eigenvalue weighted by molar-refractivity contribution is 0.0607. The summed E-state index contributed by atoms with van der Waals surface area (Å²) in [4.78, 5) is 28.0. The average molecular weight is 462 g/mol. The second kappa shape index (κ2) is 9.99. The number of nitrogens with one attached hydrogen (secondary N) is 2. The first-order valence-electron chi connectivity index (χ1n) is 12.1. The molecular weight excluding hydrogens is 430 g/mol. The highest BCUT2D eigenvalue weighted by molar-refractivity contribution is 6.01. The van der Waals surface area contributed by atoms with Gasteiger partial charge < -0.3 is 24.7 Å². The quantitative estimate of drug-likeness (QED) is 0.500. The Morgan fingerprint density at radius 1 is 1.09 bits per heavy atom. The number of rotatable bonds is 8. The summed E-state index contributed by atoms with van der Waals surface area (Å²) in [5.41, 5.74) is 2.96. The molecule has 0 saturated carbocycles. The molecule has 0 unspecified atom stereocenters. The number of carbonyl (C=O) groups is 2. The van der Waals surface area contributed by atoms with Crippen LogP contribution in [0.1, 0.15) is 40.2 Å². The number of ether oxygens (including phenoxy) is 1. The summed E-state index contributed by atoms with van der Waals surface area (Å²) in [5.74, 6) is 0.593. The van der Waals surface area contributed by atoms with Gasteiger partial charge in [-0.3, -0.25) is 9.59 Å². The minimum Gasteiger partial charge on any atom is -0.450 e. The van der Waals surface area contributed by atoms with E-state index in [1.54, 1.807) is 13.2 Å². The van der Waals surface area contributed by atoms with Crippen molar-refractivity contribution in [2.24, 2.45) is 5.92 Å². The summed E-state index contributed by atoms with van der Waals surface area (Å²) in [6, 6.07) is 15.3. The molecule has 2 amide bonds. The number of carbonyl (C=O) groups excluding carboxylic acids is 2. The molecule has 6 rings (SSSR count). The molecule has 2 aromatic carbocycles. The van der Waals surface area contributed by atoms with Gasteiger partial charge in [0, 0.05) is 49.4 Å². The van der Waals surface area contributed by atoms with Crippen LogP contribution in [0.25, 0.3) is 22.1 Å². The van der Waals surface area contributed by atoms with Gasteiger partial charge in [0.05, 0.1) is 0 Å². The topological polar surface area (TPSA) is 83.8 Å². The molecule has 1 atom stereocenters. The Balaban J connectivity index is 1.35. The third-order valence-electron chi connectivity index (χ3n) is 6.99. The van der Waals surface area contributed by atoms with E-state index in [-0.39, 0.29) is 17.9 Å². The number of piperidine rings is 3. The molecule has 178 valence electrons. The molecule has 3 fully saturated rings. The lowest BCUT2D eigenvalue weighted by atomic mass is 9.84. The molecule has 3 aliphatic rings. The first kappa shape index (κ1) is 22.6. The van der Waals surface area contributed by atoms with Crippen LogP contribution in [0.4, 0.5) is 0 Å². The third-order valence-corrected chi connectivity index (χ3v) is 6.99. The maximum atomic E-state index is 13.0. The molecule has 0 spiro atoms. The lowest BCUT2D eigenvalue weighted by Gasteiger charge is -2.44. The van der Waals surface area contributed by atoms with Gasteiger partial charge in [0.1, 0.15) is 5.58 Å². The Hall–Kier alpha value is -3.16. The van der Waals surface area contributed by atoms with Crippen LogP contribution in [-0.4, -0.2) is 62.7 Å². The second-order valence-electron chi connectivity index (χ2n) is 9.24. The smallest absolute Gasteiger partial charge is 0.287 e. The predicted molar refractivity (Wildman–Crippen MR) is 131 cm³/mol. The molecule has 0 radical (unpaired) electrons. The van der Waals surface area contributed by atoms with Crippen LogP contribution in [0.15, 0.2) is 52.9 Å². The summed E-state index contributed by atoms with van der Waals surface area (Å²) in [6.45, 7) is 4.35. The molecule has 2 N–H and O–H groups in total. The zero-order valence-electron chi connectivity index (χ0n) is 19.5. The SMILES string of the molecule is COCCCNC(=O)c1cccc(-c2cccc3cc(C(=O)N[C@H]4CN5CCC4CC5)oc23)c1. The van der Waals surface area contributed by atoms with Crippen molar-refractivity contribution in [1.29, 1.82) is 0 Å². The van der Waals surface area contributed by atoms with Crippen LogP contribution in [0.3, 0.4) is 0 Å². The number of amides is 2. The van der Waals surface area contributed by atoms with Crippen molar-refractivity contribution in [2.75, 3.05) is 39.9 Å². The molecule has 3 aliphatic heterocycles. The van der Waals surface area contributed by atoms with Gasteiger partial charge in [-0.2, -0.15) is 0 Å².